The first-order chi connectivity index (χ1) is 14.0. The fraction of sp³-hybridized carbons (Fsp3) is 0.429. The maximum atomic E-state index is 13.2. The van der Waals surface area contributed by atoms with E-state index in [9.17, 15) is 19.2 Å². The molecule has 3 rings (SSSR count). The predicted octanol–water partition coefficient (Wildman–Crippen LogP) is 1.06. The van der Waals surface area contributed by atoms with E-state index in [0.717, 1.165) is 6.42 Å². The van der Waals surface area contributed by atoms with Gasteiger partial charge in [0.2, 0.25) is 11.6 Å². The third-order valence-electron chi connectivity index (χ3n) is 5.16. The lowest BCUT2D eigenvalue weighted by atomic mass is 9.96. The Labute approximate surface area is 169 Å². The number of ether oxygens (including phenoxy) is 1. The van der Waals surface area contributed by atoms with Crippen LogP contribution in [0.5, 0.6) is 0 Å². The van der Waals surface area contributed by atoms with E-state index in [1.807, 2.05) is 6.92 Å². The van der Waals surface area contributed by atoms with Crippen molar-refractivity contribution < 1.29 is 23.9 Å². The second kappa shape index (κ2) is 8.35. The van der Waals surface area contributed by atoms with Crippen molar-refractivity contribution in [3.05, 3.63) is 29.8 Å². The van der Waals surface area contributed by atoms with Gasteiger partial charge in [0.25, 0.3) is 11.8 Å². The van der Waals surface area contributed by atoms with Crippen molar-refractivity contribution in [1.82, 2.24) is 10.2 Å². The van der Waals surface area contributed by atoms with E-state index >= 15 is 0 Å². The summed E-state index contributed by atoms with van der Waals surface area (Å²) in [6, 6.07) is 6.72. The number of nitrogens with one attached hydrogen (secondary N) is 1. The quantitative estimate of drug-likeness (QED) is 0.548. The van der Waals surface area contributed by atoms with Gasteiger partial charge in [0.1, 0.15) is 0 Å². The summed E-state index contributed by atoms with van der Waals surface area (Å²) in [6.07, 6.45) is 6.77. The molecule has 29 heavy (non-hydrogen) atoms. The SMILES string of the molecule is C#CCNC(=O)COC(=O)[C@]12CCC(=O)N1c1ccccc1C(=O)N2CCCC. The molecule has 2 aliphatic heterocycles. The molecular formula is C21H23N3O5. The molecular weight excluding hydrogens is 374 g/mol. The van der Waals surface area contributed by atoms with Gasteiger partial charge in [-0.2, -0.15) is 0 Å². The highest BCUT2D eigenvalue weighted by molar-refractivity contribution is 6.15. The highest BCUT2D eigenvalue weighted by atomic mass is 16.5. The molecule has 1 aromatic rings. The zero-order valence-electron chi connectivity index (χ0n) is 16.3. The summed E-state index contributed by atoms with van der Waals surface area (Å²) in [6.45, 7) is 1.75. The number of rotatable bonds is 7. The summed E-state index contributed by atoms with van der Waals surface area (Å²) in [7, 11) is 0. The molecule has 3 amide bonds. The molecule has 2 aliphatic rings. The predicted molar refractivity (Wildman–Crippen MR) is 105 cm³/mol. The molecule has 1 N–H and O–H groups in total. The molecule has 0 aromatic heterocycles. The summed E-state index contributed by atoms with van der Waals surface area (Å²) in [4.78, 5) is 53.8. The number of benzene rings is 1. The van der Waals surface area contributed by atoms with Crippen LogP contribution < -0.4 is 10.2 Å². The maximum absolute atomic E-state index is 13.2. The van der Waals surface area contributed by atoms with Gasteiger partial charge in [-0.25, -0.2) is 4.79 Å². The van der Waals surface area contributed by atoms with E-state index in [1.54, 1.807) is 24.3 Å². The largest absolute Gasteiger partial charge is 0.452 e. The Kier molecular flexibility index (Phi) is 5.87. The standard InChI is InChI=1S/C21H23N3O5/c1-3-5-13-23-19(27)15-8-6-7-9-16(15)24-18(26)10-11-21(23,24)20(28)29-14-17(25)22-12-4-2/h2,6-9H,3,5,10-14H2,1H3,(H,22,25)/t21-/m0/s1. The third kappa shape index (κ3) is 3.44. The van der Waals surface area contributed by atoms with Gasteiger partial charge < -0.3 is 15.0 Å². The minimum Gasteiger partial charge on any atom is -0.452 e. The molecule has 1 saturated heterocycles. The van der Waals surface area contributed by atoms with Crippen molar-refractivity contribution in [3.8, 4) is 12.3 Å². The average molecular weight is 397 g/mol. The van der Waals surface area contributed by atoms with Gasteiger partial charge in [0.05, 0.1) is 17.8 Å². The summed E-state index contributed by atoms with van der Waals surface area (Å²) in [5, 5.41) is 2.41. The lowest BCUT2D eigenvalue weighted by molar-refractivity contribution is -0.160. The molecule has 1 atom stereocenters. The molecule has 8 nitrogen and oxygen atoms in total. The molecule has 0 saturated carbocycles. The van der Waals surface area contributed by atoms with E-state index in [-0.39, 0.29) is 31.2 Å². The highest BCUT2D eigenvalue weighted by Gasteiger charge is 2.61. The van der Waals surface area contributed by atoms with Crippen molar-refractivity contribution in [1.29, 1.82) is 0 Å². The van der Waals surface area contributed by atoms with Crippen LogP contribution in [0, 0.1) is 12.3 Å². The summed E-state index contributed by atoms with van der Waals surface area (Å²) >= 11 is 0. The number of para-hydroxylation sites is 1. The summed E-state index contributed by atoms with van der Waals surface area (Å²) in [5.74, 6) is 0.328. The Balaban J connectivity index is 1.98. The zero-order chi connectivity index (χ0) is 21.0. The molecule has 152 valence electrons. The van der Waals surface area contributed by atoms with Crippen LogP contribution in [0.4, 0.5) is 5.69 Å². The fourth-order valence-electron chi connectivity index (χ4n) is 3.82. The first-order valence-corrected chi connectivity index (χ1v) is 9.58. The van der Waals surface area contributed by atoms with Crippen LogP contribution in [0.2, 0.25) is 0 Å². The first-order valence-electron chi connectivity index (χ1n) is 9.58. The van der Waals surface area contributed by atoms with Gasteiger partial charge in [-0.1, -0.05) is 31.4 Å². The number of nitrogens with zero attached hydrogens (tertiary/aromatic N) is 2. The van der Waals surface area contributed by atoms with Gasteiger partial charge in [0.15, 0.2) is 6.61 Å². The Morgan fingerprint density at radius 3 is 2.79 bits per heavy atom. The molecule has 1 fully saturated rings. The number of carbonyl (C=O) groups excluding carboxylic acids is 4. The highest BCUT2D eigenvalue weighted by Crippen LogP contribution is 2.45. The summed E-state index contributed by atoms with van der Waals surface area (Å²) < 4.78 is 5.26. The number of terminal acetylenes is 1. The van der Waals surface area contributed by atoms with Crippen molar-refractivity contribution in [2.24, 2.45) is 0 Å². The minimum absolute atomic E-state index is 0.0145. The number of hydrogen-bond acceptors (Lipinski definition) is 5. The first kappa shape index (κ1) is 20.4. The van der Waals surface area contributed by atoms with Crippen molar-refractivity contribution in [2.45, 2.75) is 38.3 Å². The molecule has 1 aromatic carbocycles. The Morgan fingerprint density at radius 1 is 1.31 bits per heavy atom. The molecule has 0 spiro atoms. The van der Waals surface area contributed by atoms with Crippen LogP contribution in [0.25, 0.3) is 0 Å². The lowest BCUT2D eigenvalue weighted by Gasteiger charge is -2.48. The molecule has 0 radical (unpaired) electrons. The Morgan fingerprint density at radius 2 is 2.07 bits per heavy atom. The second-order valence-corrected chi connectivity index (χ2v) is 6.93. The zero-order valence-corrected chi connectivity index (χ0v) is 16.3. The molecule has 0 bridgehead atoms. The number of anilines is 1. The number of carbonyl (C=O) groups is 4. The topological polar surface area (TPSA) is 96.0 Å². The van der Waals surface area contributed by atoms with Gasteiger partial charge in [-0.3, -0.25) is 19.3 Å². The number of unbranched alkanes of at least 4 members (excludes halogenated alkanes) is 1. The molecule has 2 heterocycles. The van der Waals surface area contributed by atoms with Crippen molar-refractivity contribution in [3.63, 3.8) is 0 Å². The minimum atomic E-state index is -1.58. The maximum Gasteiger partial charge on any atom is 0.354 e. The molecule has 0 unspecified atom stereocenters. The van der Waals surface area contributed by atoms with E-state index < -0.39 is 24.1 Å². The Bertz CT molecular complexity index is 891. The normalized spacial score (nSPS) is 20.0. The van der Waals surface area contributed by atoms with Crippen molar-refractivity contribution >= 4 is 29.4 Å². The van der Waals surface area contributed by atoms with Gasteiger partial charge >= 0.3 is 5.97 Å². The lowest BCUT2D eigenvalue weighted by Crippen LogP contribution is -2.68. The smallest absolute Gasteiger partial charge is 0.354 e. The summed E-state index contributed by atoms with van der Waals surface area (Å²) in [5.41, 5.74) is -0.820. The van der Waals surface area contributed by atoms with Gasteiger partial charge in [-0.15, -0.1) is 6.42 Å². The average Bonchev–Trinajstić information content (AvgIpc) is 3.08. The van der Waals surface area contributed by atoms with Gasteiger partial charge in [-0.05, 0) is 18.6 Å². The Hall–Kier alpha value is -3.34. The van der Waals surface area contributed by atoms with Crippen LogP contribution >= 0.6 is 0 Å². The van der Waals surface area contributed by atoms with Gasteiger partial charge in [0, 0.05) is 19.4 Å². The number of amides is 3. The van der Waals surface area contributed by atoms with Crippen LogP contribution in [-0.2, 0) is 19.1 Å². The van der Waals surface area contributed by atoms with E-state index in [4.69, 9.17) is 11.2 Å². The van der Waals surface area contributed by atoms with Crippen LogP contribution in [0.1, 0.15) is 43.0 Å². The van der Waals surface area contributed by atoms with Crippen LogP contribution in [0.15, 0.2) is 24.3 Å². The number of fused-ring (bicyclic) bond motifs is 3. The molecule has 0 aliphatic carbocycles. The monoisotopic (exact) mass is 397 g/mol. The second-order valence-electron chi connectivity index (χ2n) is 6.93. The van der Waals surface area contributed by atoms with Crippen LogP contribution in [-0.4, -0.2) is 54.0 Å². The number of esters is 1. The third-order valence-corrected chi connectivity index (χ3v) is 5.16. The van der Waals surface area contributed by atoms with Crippen LogP contribution in [0.3, 0.4) is 0 Å². The fourth-order valence-corrected chi connectivity index (χ4v) is 3.82. The van der Waals surface area contributed by atoms with E-state index in [2.05, 4.69) is 11.2 Å². The molecule has 8 heteroatoms. The van der Waals surface area contributed by atoms with Crippen molar-refractivity contribution in [2.75, 3.05) is 24.6 Å². The number of hydrogen-bond donors (Lipinski definition) is 1. The van der Waals surface area contributed by atoms with E-state index in [0.29, 0.717) is 24.2 Å². The van der Waals surface area contributed by atoms with E-state index in [1.165, 1.54) is 9.80 Å².